The third-order valence-corrected chi connectivity index (χ3v) is 5.32. The smallest absolute Gasteiger partial charge is 0.313 e. The largest absolute Gasteiger partial charge is 0.454 e. The van der Waals surface area contributed by atoms with Gasteiger partial charge in [0, 0.05) is 25.3 Å². The number of carbonyl (C=O) groups is 2. The van der Waals surface area contributed by atoms with Gasteiger partial charge in [0.2, 0.25) is 6.79 Å². The maximum absolute atomic E-state index is 12.5. The van der Waals surface area contributed by atoms with Crippen molar-refractivity contribution in [3.8, 4) is 11.5 Å². The molecule has 4 rings (SSSR count). The van der Waals surface area contributed by atoms with Gasteiger partial charge in [-0.05, 0) is 36.2 Å². The third-order valence-electron chi connectivity index (χ3n) is 5.32. The summed E-state index contributed by atoms with van der Waals surface area (Å²) < 4.78 is 16.4. The van der Waals surface area contributed by atoms with Crippen LogP contribution in [0.2, 0.25) is 0 Å². The van der Waals surface area contributed by atoms with E-state index in [4.69, 9.17) is 14.2 Å². The molecule has 2 aromatic rings. The number of benzene rings is 2. The number of nitrogens with one attached hydrogen (secondary N) is 2. The fourth-order valence-corrected chi connectivity index (χ4v) is 3.63. The van der Waals surface area contributed by atoms with Crippen LogP contribution < -0.4 is 20.1 Å². The standard InChI is InChI=1S/C22H25N3O5/c1-15-4-2-3-5-17(15)24-22(27)21(26)23-13-18(25-8-10-28-11-9-25)16-6-7-19-20(12-16)30-14-29-19/h2-7,12,18H,8-11,13-14H2,1H3,(H,23,26)(H,24,27)/t18-/m1/s1. The van der Waals surface area contributed by atoms with Crippen LogP contribution in [-0.2, 0) is 14.3 Å². The van der Waals surface area contributed by atoms with E-state index in [0.29, 0.717) is 36.9 Å². The van der Waals surface area contributed by atoms with Gasteiger partial charge in [0.05, 0.1) is 19.3 Å². The lowest BCUT2D eigenvalue weighted by molar-refractivity contribution is -0.136. The van der Waals surface area contributed by atoms with Crippen LogP contribution >= 0.6 is 0 Å². The Morgan fingerprint density at radius 3 is 2.60 bits per heavy atom. The van der Waals surface area contributed by atoms with Crippen LogP contribution in [0.5, 0.6) is 11.5 Å². The molecule has 2 aliphatic rings. The van der Waals surface area contributed by atoms with E-state index in [9.17, 15) is 9.59 Å². The topological polar surface area (TPSA) is 89.1 Å². The number of rotatable bonds is 5. The quantitative estimate of drug-likeness (QED) is 0.730. The average molecular weight is 411 g/mol. The number of carbonyl (C=O) groups excluding carboxylic acids is 2. The van der Waals surface area contributed by atoms with Gasteiger partial charge >= 0.3 is 11.8 Å². The van der Waals surface area contributed by atoms with Gasteiger partial charge in [-0.15, -0.1) is 0 Å². The number of fused-ring (bicyclic) bond motifs is 1. The monoisotopic (exact) mass is 411 g/mol. The maximum Gasteiger partial charge on any atom is 0.313 e. The summed E-state index contributed by atoms with van der Waals surface area (Å²) in [6.07, 6.45) is 0. The minimum Gasteiger partial charge on any atom is -0.454 e. The Bertz CT molecular complexity index is 927. The van der Waals surface area contributed by atoms with Crippen molar-refractivity contribution in [2.75, 3.05) is 45.0 Å². The van der Waals surface area contributed by atoms with Crippen molar-refractivity contribution in [3.05, 3.63) is 53.6 Å². The van der Waals surface area contributed by atoms with Crippen LogP contribution in [0.15, 0.2) is 42.5 Å². The third kappa shape index (κ3) is 4.55. The lowest BCUT2D eigenvalue weighted by atomic mass is 10.0. The van der Waals surface area contributed by atoms with E-state index < -0.39 is 11.8 Å². The SMILES string of the molecule is Cc1ccccc1NC(=O)C(=O)NC[C@H](c1ccc2c(c1)OCO2)N1CCOCC1. The molecule has 2 amide bonds. The van der Waals surface area contributed by atoms with E-state index >= 15 is 0 Å². The zero-order valence-corrected chi connectivity index (χ0v) is 16.8. The number of nitrogens with zero attached hydrogens (tertiary/aromatic N) is 1. The van der Waals surface area contributed by atoms with E-state index in [1.807, 2.05) is 43.3 Å². The number of hydrogen-bond acceptors (Lipinski definition) is 6. The van der Waals surface area contributed by atoms with E-state index in [1.54, 1.807) is 6.07 Å². The van der Waals surface area contributed by atoms with Gasteiger partial charge in [-0.1, -0.05) is 24.3 Å². The second kappa shape index (κ2) is 9.15. The highest BCUT2D eigenvalue weighted by molar-refractivity contribution is 6.39. The molecule has 0 saturated carbocycles. The molecule has 1 saturated heterocycles. The maximum atomic E-state index is 12.5. The van der Waals surface area contributed by atoms with Crippen molar-refractivity contribution in [2.24, 2.45) is 0 Å². The Labute approximate surface area is 175 Å². The molecule has 2 aliphatic heterocycles. The van der Waals surface area contributed by atoms with Crippen molar-refractivity contribution < 1.29 is 23.8 Å². The summed E-state index contributed by atoms with van der Waals surface area (Å²) in [7, 11) is 0. The van der Waals surface area contributed by atoms with Crippen molar-refractivity contribution in [1.82, 2.24) is 10.2 Å². The predicted octanol–water partition coefficient (Wildman–Crippen LogP) is 1.85. The molecule has 2 heterocycles. The molecule has 2 aromatic carbocycles. The molecular formula is C22H25N3O5. The lowest BCUT2D eigenvalue weighted by Crippen LogP contribution is -2.45. The Balaban J connectivity index is 1.44. The van der Waals surface area contributed by atoms with Crippen LogP contribution in [0.25, 0.3) is 0 Å². The number of amides is 2. The molecule has 0 bridgehead atoms. The molecule has 8 nitrogen and oxygen atoms in total. The summed E-state index contributed by atoms with van der Waals surface area (Å²) >= 11 is 0. The first-order valence-electron chi connectivity index (χ1n) is 9.98. The number of para-hydroxylation sites is 1. The minimum atomic E-state index is -0.685. The van der Waals surface area contributed by atoms with Gasteiger partial charge in [-0.25, -0.2) is 0 Å². The van der Waals surface area contributed by atoms with Crippen LogP contribution in [0.4, 0.5) is 5.69 Å². The van der Waals surface area contributed by atoms with Gasteiger partial charge in [0.15, 0.2) is 11.5 Å². The van der Waals surface area contributed by atoms with E-state index in [0.717, 1.165) is 24.2 Å². The molecule has 0 aromatic heterocycles. The number of hydrogen-bond donors (Lipinski definition) is 2. The summed E-state index contributed by atoms with van der Waals surface area (Å²) in [5, 5.41) is 5.45. The van der Waals surface area contributed by atoms with Crippen LogP contribution in [0, 0.1) is 6.92 Å². The lowest BCUT2D eigenvalue weighted by Gasteiger charge is -2.34. The normalized spacial score (nSPS) is 16.7. The first-order chi connectivity index (χ1) is 14.6. The molecule has 8 heteroatoms. The molecule has 1 fully saturated rings. The Hall–Kier alpha value is -3.10. The molecule has 0 unspecified atom stereocenters. The second-order valence-electron chi connectivity index (χ2n) is 7.26. The van der Waals surface area contributed by atoms with Crippen LogP contribution in [-0.4, -0.2) is 56.4 Å². The number of ether oxygens (including phenoxy) is 3. The summed E-state index contributed by atoms with van der Waals surface area (Å²) in [6.45, 7) is 5.11. The number of aryl methyl sites for hydroxylation is 1. The molecule has 158 valence electrons. The summed E-state index contributed by atoms with van der Waals surface area (Å²) in [5.74, 6) is 0.0449. The molecule has 0 radical (unpaired) electrons. The molecular weight excluding hydrogens is 386 g/mol. The highest BCUT2D eigenvalue weighted by atomic mass is 16.7. The highest BCUT2D eigenvalue weighted by Crippen LogP contribution is 2.35. The van der Waals surface area contributed by atoms with Crippen LogP contribution in [0.3, 0.4) is 0 Å². The molecule has 1 atom stereocenters. The molecule has 0 aliphatic carbocycles. The zero-order chi connectivity index (χ0) is 20.9. The van der Waals surface area contributed by atoms with E-state index in [1.165, 1.54) is 0 Å². The molecule has 0 spiro atoms. The Morgan fingerprint density at radius 1 is 1.03 bits per heavy atom. The fourth-order valence-electron chi connectivity index (χ4n) is 3.63. The predicted molar refractivity (Wildman–Crippen MR) is 111 cm³/mol. The highest BCUT2D eigenvalue weighted by Gasteiger charge is 2.26. The number of anilines is 1. The Kier molecular flexibility index (Phi) is 6.15. The van der Waals surface area contributed by atoms with Crippen molar-refractivity contribution in [2.45, 2.75) is 13.0 Å². The minimum absolute atomic E-state index is 0.112. The second-order valence-corrected chi connectivity index (χ2v) is 7.26. The summed E-state index contributed by atoms with van der Waals surface area (Å²) in [6, 6.07) is 13.0. The molecule has 30 heavy (non-hydrogen) atoms. The van der Waals surface area contributed by atoms with Crippen LogP contribution in [0.1, 0.15) is 17.2 Å². The van der Waals surface area contributed by atoms with E-state index in [2.05, 4.69) is 15.5 Å². The van der Waals surface area contributed by atoms with Gasteiger partial charge < -0.3 is 24.8 Å². The van der Waals surface area contributed by atoms with Gasteiger partial charge in [-0.2, -0.15) is 0 Å². The fraction of sp³-hybridized carbons (Fsp3) is 0.364. The summed E-state index contributed by atoms with van der Waals surface area (Å²) in [4.78, 5) is 27.0. The zero-order valence-electron chi connectivity index (χ0n) is 16.8. The van der Waals surface area contributed by atoms with Crippen molar-refractivity contribution in [1.29, 1.82) is 0 Å². The first-order valence-corrected chi connectivity index (χ1v) is 9.98. The van der Waals surface area contributed by atoms with Gasteiger partial charge in [0.1, 0.15) is 0 Å². The van der Waals surface area contributed by atoms with Gasteiger partial charge in [-0.3, -0.25) is 14.5 Å². The number of morpholine rings is 1. The van der Waals surface area contributed by atoms with Crippen molar-refractivity contribution in [3.63, 3.8) is 0 Å². The van der Waals surface area contributed by atoms with Crippen molar-refractivity contribution >= 4 is 17.5 Å². The average Bonchev–Trinajstić information content (AvgIpc) is 3.24. The molecule has 2 N–H and O–H groups in total. The van der Waals surface area contributed by atoms with E-state index in [-0.39, 0.29) is 12.8 Å². The Morgan fingerprint density at radius 2 is 1.80 bits per heavy atom. The van der Waals surface area contributed by atoms with Gasteiger partial charge in [0.25, 0.3) is 0 Å². The first kappa shape index (κ1) is 20.2. The summed E-state index contributed by atoms with van der Waals surface area (Å²) in [5.41, 5.74) is 2.50.